The van der Waals surface area contributed by atoms with Crippen LogP contribution in [-0.2, 0) is 0 Å². The molecule has 0 fully saturated rings. The van der Waals surface area contributed by atoms with Crippen molar-refractivity contribution in [2.75, 3.05) is 0 Å². The van der Waals surface area contributed by atoms with E-state index in [1.165, 1.54) is 12.5 Å². The highest BCUT2D eigenvalue weighted by molar-refractivity contribution is 6.33. The van der Waals surface area contributed by atoms with Gasteiger partial charge in [-0.15, -0.1) is 0 Å². The van der Waals surface area contributed by atoms with Crippen LogP contribution in [0.15, 0.2) is 42.5 Å². The SMILES string of the molecule is CC(=O)c1ccc(C)cc1.CC(=O)c1ccc(C)cc1Cl. The molecule has 0 saturated heterocycles. The number of carbonyl (C=O) groups is 2. The molecule has 0 amide bonds. The van der Waals surface area contributed by atoms with E-state index in [4.69, 9.17) is 11.6 Å². The maximum Gasteiger partial charge on any atom is 0.161 e. The highest BCUT2D eigenvalue weighted by Crippen LogP contribution is 2.17. The van der Waals surface area contributed by atoms with Gasteiger partial charge in [-0.25, -0.2) is 0 Å². The van der Waals surface area contributed by atoms with Gasteiger partial charge in [0.15, 0.2) is 11.6 Å². The van der Waals surface area contributed by atoms with Crippen LogP contribution in [0.5, 0.6) is 0 Å². The summed E-state index contributed by atoms with van der Waals surface area (Å²) in [4.78, 5) is 21.6. The summed E-state index contributed by atoms with van der Waals surface area (Å²) >= 11 is 5.80. The van der Waals surface area contributed by atoms with E-state index in [0.29, 0.717) is 10.6 Å². The quantitative estimate of drug-likeness (QED) is 0.728. The third kappa shape index (κ3) is 5.52. The van der Waals surface area contributed by atoms with E-state index < -0.39 is 0 Å². The molecule has 2 aromatic rings. The summed E-state index contributed by atoms with van der Waals surface area (Å²) in [5.41, 5.74) is 3.63. The minimum absolute atomic E-state index is 0.00926. The second kappa shape index (κ2) is 7.75. The Morgan fingerprint density at radius 1 is 0.810 bits per heavy atom. The lowest BCUT2D eigenvalue weighted by atomic mass is 10.1. The normalized spacial score (nSPS) is 9.57. The molecule has 0 aromatic heterocycles. The van der Waals surface area contributed by atoms with Gasteiger partial charge in [0.25, 0.3) is 0 Å². The predicted octanol–water partition coefficient (Wildman–Crippen LogP) is 5.05. The topological polar surface area (TPSA) is 34.1 Å². The molecule has 110 valence electrons. The lowest BCUT2D eigenvalue weighted by molar-refractivity contribution is 0.100. The molecule has 0 unspecified atom stereocenters. The Labute approximate surface area is 130 Å². The lowest BCUT2D eigenvalue weighted by Crippen LogP contribution is -1.92. The zero-order valence-electron chi connectivity index (χ0n) is 12.7. The molecule has 0 aliphatic rings. The summed E-state index contributed by atoms with van der Waals surface area (Å²) in [6, 6.07) is 13.0. The number of hydrogen-bond donors (Lipinski definition) is 0. The van der Waals surface area contributed by atoms with Crippen LogP contribution in [0.25, 0.3) is 0 Å². The van der Waals surface area contributed by atoms with Gasteiger partial charge >= 0.3 is 0 Å². The fourth-order valence-corrected chi connectivity index (χ4v) is 2.06. The molecule has 0 bridgehead atoms. The van der Waals surface area contributed by atoms with Crippen LogP contribution in [0.4, 0.5) is 0 Å². The van der Waals surface area contributed by atoms with E-state index in [0.717, 1.165) is 11.1 Å². The van der Waals surface area contributed by atoms with Crippen LogP contribution in [-0.4, -0.2) is 11.6 Å². The van der Waals surface area contributed by atoms with E-state index in [1.807, 2.05) is 44.2 Å². The first-order valence-corrected chi connectivity index (χ1v) is 7.03. The van der Waals surface area contributed by atoms with Gasteiger partial charge in [0.05, 0.1) is 5.02 Å². The van der Waals surface area contributed by atoms with E-state index in [1.54, 1.807) is 19.1 Å². The van der Waals surface area contributed by atoms with Crippen molar-refractivity contribution in [1.29, 1.82) is 0 Å². The molecule has 2 aromatic carbocycles. The molecule has 0 radical (unpaired) electrons. The third-order valence-electron chi connectivity index (χ3n) is 2.96. The van der Waals surface area contributed by atoms with Gasteiger partial charge in [0.2, 0.25) is 0 Å². The molecule has 0 spiro atoms. The maximum absolute atomic E-state index is 10.9. The first-order valence-electron chi connectivity index (χ1n) is 6.66. The first kappa shape index (κ1) is 17.1. The second-order valence-electron chi connectivity index (χ2n) is 4.96. The smallest absolute Gasteiger partial charge is 0.161 e. The number of ketones is 2. The summed E-state index contributed by atoms with van der Waals surface area (Å²) in [6.45, 7) is 7.03. The van der Waals surface area contributed by atoms with Crippen molar-refractivity contribution in [3.63, 3.8) is 0 Å². The minimum Gasteiger partial charge on any atom is -0.295 e. The van der Waals surface area contributed by atoms with Gasteiger partial charge < -0.3 is 0 Å². The Balaban J connectivity index is 0.000000211. The minimum atomic E-state index is 0.00926. The maximum atomic E-state index is 10.9. The van der Waals surface area contributed by atoms with Crippen LogP contribution in [0.3, 0.4) is 0 Å². The predicted molar refractivity (Wildman–Crippen MR) is 87.4 cm³/mol. The number of hydrogen-bond acceptors (Lipinski definition) is 2. The highest BCUT2D eigenvalue weighted by atomic mass is 35.5. The number of rotatable bonds is 2. The van der Waals surface area contributed by atoms with Gasteiger partial charge in [-0.2, -0.15) is 0 Å². The van der Waals surface area contributed by atoms with Crippen molar-refractivity contribution in [2.45, 2.75) is 27.7 Å². The molecule has 2 nitrogen and oxygen atoms in total. The van der Waals surface area contributed by atoms with Gasteiger partial charge in [-0.1, -0.05) is 47.5 Å². The van der Waals surface area contributed by atoms with E-state index >= 15 is 0 Å². The van der Waals surface area contributed by atoms with Crippen LogP contribution in [0, 0.1) is 13.8 Å². The molecule has 0 heterocycles. The third-order valence-corrected chi connectivity index (χ3v) is 3.27. The fourth-order valence-electron chi connectivity index (χ4n) is 1.69. The molecule has 0 atom stereocenters. The number of halogens is 1. The summed E-state index contributed by atoms with van der Waals surface area (Å²) in [7, 11) is 0. The average Bonchev–Trinajstić information content (AvgIpc) is 2.39. The molecule has 2 rings (SSSR count). The standard InChI is InChI=1S/C9H9ClO.C9H10O/c1-6-3-4-8(7(2)11)9(10)5-6;1-7-3-5-9(6-4-7)8(2)10/h3-5H,1-2H3;3-6H,1-2H3. The number of carbonyl (C=O) groups excluding carboxylic acids is 2. The Morgan fingerprint density at radius 3 is 1.76 bits per heavy atom. The van der Waals surface area contributed by atoms with Crippen molar-refractivity contribution in [3.05, 3.63) is 69.7 Å². The van der Waals surface area contributed by atoms with Gasteiger partial charge in [-0.05, 0) is 45.4 Å². The van der Waals surface area contributed by atoms with Crippen molar-refractivity contribution < 1.29 is 9.59 Å². The second-order valence-corrected chi connectivity index (χ2v) is 5.37. The Bertz CT molecular complexity index is 643. The zero-order valence-corrected chi connectivity index (χ0v) is 13.5. The van der Waals surface area contributed by atoms with Crippen LogP contribution in [0.1, 0.15) is 45.7 Å². The van der Waals surface area contributed by atoms with Crippen molar-refractivity contribution in [2.24, 2.45) is 0 Å². The Hall–Kier alpha value is -1.93. The van der Waals surface area contributed by atoms with E-state index in [9.17, 15) is 9.59 Å². The van der Waals surface area contributed by atoms with Gasteiger partial charge in [-0.3, -0.25) is 9.59 Å². The van der Waals surface area contributed by atoms with E-state index in [2.05, 4.69) is 0 Å². The van der Waals surface area contributed by atoms with Gasteiger partial charge in [0, 0.05) is 11.1 Å². The summed E-state index contributed by atoms with van der Waals surface area (Å²) in [5.74, 6) is 0.134. The largest absolute Gasteiger partial charge is 0.295 e. The number of Topliss-reactive ketones (excluding diaryl/α,β-unsaturated/α-hetero) is 2. The monoisotopic (exact) mass is 302 g/mol. The van der Waals surface area contributed by atoms with Crippen molar-refractivity contribution in [1.82, 2.24) is 0 Å². The van der Waals surface area contributed by atoms with Crippen molar-refractivity contribution >= 4 is 23.2 Å². The van der Waals surface area contributed by atoms with Crippen LogP contribution >= 0.6 is 11.6 Å². The molecular formula is C18H19ClO2. The number of aryl methyl sites for hydroxylation is 2. The summed E-state index contributed by atoms with van der Waals surface area (Å²) < 4.78 is 0. The van der Waals surface area contributed by atoms with Gasteiger partial charge in [0.1, 0.15) is 0 Å². The average molecular weight is 303 g/mol. The lowest BCUT2D eigenvalue weighted by Gasteiger charge is -1.99. The summed E-state index contributed by atoms with van der Waals surface area (Å²) in [5, 5.41) is 0.539. The molecule has 3 heteroatoms. The van der Waals surface area contributed by atoms with Crippen molar-refractivity contribution in [3.8, 4) is 0 Å². The summed E-state index contributed by atoms with van der Waals surface area (Å²) in [6.07, 6.45) is 0. The zero-order chi connectivity index (χ0) is 16.0. The highest BCUT2D eigenvalue weighted by Gasteiger charge is 2.03. The van der Waals surface area contributed by atoms with E-state index in [-0.39, 0.29) is 11.6 Å². The Kier molecular flexibility index (Phi) is 6.32. The Morgan fingerprint density at radius 2 is 1.33 bits per heavy atom. The fraction of sp³-hybridized carbons (Fsp3) is 0.222. The molecule has 0 N–H and O–H groups in total. The van der Waals surface area contributed by atoms with Crippen LogP contribution < -0.4 is 0 Å². The molecule has 0 aliphatic carbocycles. The molecule has 21 heavy (non-hydrogen) atoms. The molecule has 0 saturated carbocycles. The molecule has 0 aliphatic heterocycles. The van der Waals surface area contributed by atoms with Crippen LogP contribution in [0.2, 0.25) is 5.02 Å². The first-order chi connectivity index (χ1) is 9.81. The number of benzene rings is 2. The molecular weight excluding hydrogens is 284 g/mol.